The van der Waals surface area contributed by atoms with E-state index in [9.17, 15) is 0 Å². The van der Waals surface area contributed by atoms with Crippen LogP contribution in [0.3, 0.4) is 0 Å². The lowest BCUT2D eigenvalue weighted by Crippen LogP contribution is -2.62. The van der Waals surface area contributed by atoms with E-state index in [2.05, 4.69) is 31.2 Å². The minimum Gasteiger partial charge on any atom is -0.449 e. The predicted molar refractivity (Wildman–Crippen MR) is 77.8 cm³/mol. The first kappa shape index (κ1) is 12.4. The lowest BCUT2D eigenvalue weighted by atomic mass is 9.73. The number of piperidine rings is 3. The lowest BCUT2D eigenvalue weighted by molar-refractivity contribution is -0.0497. The van der Waals surface area contributed by atoms with Crippen molar-refractivity contribution in [2.45, 2.75) is 32.3 Å². The molecule has 1 spiro atoms. The minimum atomic E-state index is -0.241. The Bertz CT molecular complexity index is 602. The van der Waals surface area contributed by atoms with Crippen LogP contribution >= 0.6 is 11.5 Å². The number of hydrogen-bond acceptors (Lipinski definition) is 6. The van der Waals surface area contributed by atoms with Crippen LogP contribution in [0.2, 0.25) is 0 Å². The Balaban J connectivity index is 1.64. The Labute approximate surface area is 121 Å². The lowest BCUT2D eigenvalue weighted by Gasteiger charge is -2.50. The maximum Gasteiger partial charge on any atom is 0.320 e. The zero-order valence-electron chi connectivity index (χ0n) is 11.7. The zero-order chi connectivity index (χ0) is 13.7. The zero-order valence-corrected chi connectivity index (χ0v) is 12.5. The normalized spacial score (nSPS) is 37.5. The maximum absolute atomic E-state index is 6.19. The molecule has 4 aliphatic heterocycles. The fourth-order valence-corrected chi connectivity index (χ4v) is 4.05. The summed E-state index contributed by atoms with van der Waals surface area (Å²) in [6.07, 6.45) is 2.39. The largest absolute Gasteiger partial charge is 0.449 e. The second-order valence-electron chi connectivity index (χ2n) is 5.76. The number of nitrogens with zero attached hydrogens (tertiary/aromatic N) is 5. The van der Waals surface area contributed by atoms with Gasteiger partial charge in [0, 0.05) is 24.0 Å². The average Bonchev–Trinajstić information content (AvgIpc) is 2.96. The summed E-state index contributed by atoms with van der Waals surface area (Å²) < 4.78 is 10.3. The molecule has 0 N–H and O–H groups in total. The van der Waals surface area contributed by atoms with Gasteiger partial charge in [0.1, 0.15) is 5.82 Å². The summed E-state index contributed by atoms with van der Waals surface area (Å²) in [5.74, 6) is 1.31. The summed E-state index contributed by atoms with van der Waals surface area (Å²) >= 11 is 1.28. The van der Waals surface area contributed by atoms with Crippen molar-refractivity contribution in [1.29, 1.82) is 0 Å². The molecular weight excluding hydrogens is 274 g/mol. The molecule has 0 amide bonds. The molecule has 5 rings (SSSR count). The molecule has 106 valence electrons. The van der Waals surface area contributed by atoms with E-state index < -0.39 is 0 Å². The number of hydrogen-bond donors (Lipinski definition) is 0. The Hall–Kier alpha value is -1.34. The summed E-state index contributed by atoms with van der Waals surface area (Å²) in [6.45, 7) is 7.24. The molecule has 1 aromatic rings. The highest BCUT2D eigenvalue weighted by Gasteiger charge is 2.54. The van der Waals surface area contributed by atoms with Gasteiger partial charge in [-0.05, 0) is 39.8 Å². The Morgan fingerprint density at radius 1 is 1.35 bits per heavy atom. The van der Waals surface area contributed by atoms with E-state index in [-0.39, 0.29) is 5.60 Å². The standard InChI is InChI=1S/C13H17N5OS/c1-8-13(7-18-5-3-10(13)4-6-18)19-11(14-8)16-12-15-9(2)17-20-12/h10H,3-7H2,1-2H3. The molecule has 1 aromatic heterocycles. The highest BCUT2D eigenvalue weighted by atomic mass is 32.1. The molecule has 2 bridgehead atoms. The smallest absolute Gasteiger partial charge is 0.320 e. The van der Waals surface area contributed by atoms with Crippen molar-refractivity contribution in [3.05, 3.63) is 5.82 Å². The Kier molecular flexibility index (Phi) is 2.68. The second-order valence-corrected chi connectivity index (χ2v) is 6.49. The molecule has 1 unspecified atom stereocenters. The fourth-order valence-electron chi connectivity index (χ4n) is 3.50. The topological polar surface area (TPSA) is 63.0 Å². The summed E-state index contributed by atoms with van der Waals surface area (Å²) in [6, 6.07) is 0.451. The third-order valence-electron chi connectivity index (χ3n) is 4.56. The number of ether oxygens (including phenoxy) is 1. The van der Waals surface area contributed by atoms with Crippen LogP contribution in [-0.2, 0) is 4.74 Å². The van der Waals surface area contributed by atoms with Gasteiger partial charge >= 0.3 is 6.02 Å². The minimum absolute atomic E-state index is 0.241. The van der Waals surface area contributed by atoms with E-state index in [4.69, 9.17) is 4.74 Å². The molecule has 0 radical (unpaired) electrons. The number of rotatable bonds is 1. The van der Waals surface area contributed by atoms with Gasteiger partial charge in [-0.25, -0.2) is 9.98 Å². The first-order chi connectivity index (χ1) is 9.65. The maximum atomic E-state index is 6.19. The van der Waals surface area contributed by atoms with Gasteiger partial charge in [-0.1, -0.05) is 0 Å². The van der Waals surface area contributed by atoms with E-state index in [1.54, 1.807) is 0 Å². The molecule has 0 aliphatic carbocycles. The second kappa shape index (κ2) is 4.33. The number of aliphatic imine (C=N–C) groups is 2. The third-order valence-corrected chi connectivity index (χ3v) is 5.26. The molecule has 7 heteroatoms. The summed E-state index contributed by atoms with van der Waals surface area (Å²) in [5, 5.41) is 0.618. The van der Waals surface area contributed by atoms with Crippen LogP contribution in [0.4, 0.5) is 5.13 Å². The number of fused-ring (bicyclic) bond motifs is 2. The van der Waals surface area contributed by atoms with Gasteiger partial charge in [-0.2, -0.15) is 9.37 Å². The van der Waals surface area contributed by atoms with Gasteiger partial charge in [0.25, 0.3) is 0 Å². The molecule has 6 nitrogen and oxygen atoms in total. The molecule has 20 heavy (non-hydrogen) atoms. The van der Waals surface area contributed by atoms with Crippen molar-refractivity contribution >= 4 is 28.4 Å². The summed E-state index contributed by atoms with van der Waals surface area (Å²) in [7, 11) is 0. The van der Waals surface area contributed by atoms with Gasteiger partial charge in [-0.3, -0.25) is 4.90 Å². The predicted octanol–water partition coefficient (Wildman–Crippen LogP) is 1.79. The first-order valence-electron chi connectivity index (χ1n) is 7.02. The fraction of sp³-hybridized carbons (Fsp3) is 0.692. The molecule has 0 aromatic carbocycles. The molecule has 0 saturated carbocycles. The van der Waals surface area contributed by atoms with Gasteiger partial charge in [-0.15, -0.1) is 0 Å². The molecule has 5 heterocycles. The Morgan fingerprint density at radius 2 is 2.15 bits per heavy atom. The molecule has 4 aliphatic rings. The highest BCUT2D eigenvalue weighted by Crippen LogP contribution is 2.42. The first-order valence-corrected chi connectivity index (χ1v) is 7.79. The molecule has 3 saturated heterocycles. The number of aryl methyl sites for hydroxylation is 1. The summed E-state index contributed by atoms with van der Waals surface area (Å²) in [4.78, 5) is 15.7. The average molecular weight is 291 g/mol. The van der Waals surface area contributed by atoms with Crippen LogP contribution in [0, 0.1) is 12.8 Å². The van der Waals surface area contributed by atoms with Crippen LogP contribution in [0.1, 0.15) is 25.6 Å². The van der Waals surface area contributed by atoms with Crippen molar-refractivity contribution in [2.24, 2.45) is 15.9 Å². The SMILES string of the molecule is CC1=NC(=Nc2nc(C)ns2)OC12CN1CCC2CC1. The van der Waals surface area contributed by atoms with Crippen molar-refractivity contribution in [1.82, 2.24) is 14.3 Å². The monoisotopic (exact) mass is 291 g/mol. The molecular formula is C13H17N5OS. The van der Waals surface area contributed by atoms with Crippen molar-refractivity contribution in [2.75, 3.05) is 19.6 Å². The number of amidine groups is 1. The Morgan fingerprint density at radius 3 is 2.75 bits per heavy atom. The van der Waals surface area contributed by atoms with E-state index in [1.807, 2.05) is 6.92 Å². The quantitative estimate of drug-likeness (QED) is 0.791. The van der Waals surface area contributed by atoms with E-state index in [0.29, 0.717) is 17.1 Å². The highest BCUT2D eigenvalue weighted by molar-refractivity contribution is 7.09. The van der Waals surface area contributed by atoms with Crippen molar-refractivity contribution < 1.29 is 4.74 Å². The summed E-state index contributed by atoms with van der Waals surface area (Å²) in [5.41, 5.74) is 0.821. The third kappa shape index (κ3) is 1.80. The van der Waals surface area contributed by atoms with Crippen LogP contribution in [0.5, 0.6) is 0 Å². The van der Waals surface area contributed by atoms with Gasteiger partial charge in [0.2, 0.25) is 5.13 Å². The van der Waals surface area contributed by atoms with Crippen LogP contribution < -0.4 is 0 Å². The molecule has 1 atom stereocenters. The van der Waals surface area contributed by atoms with Gasteiger partial charge in [0.15, 0.2) is 5.60 Å². The number of aromatic nitrogens is 2. The van der Waals surface area contributed by atoms with E-state index >= 15 is 0 Å². The van der Waals surface area contributed by atoms with Crippen LogP contribution in [0.15, 0.2) is 9.98 Å². The van der Waals surface area contributed by atoms with E-state index in [1.165, 1.54) is 37.5 Å². The van der Waals surface area contributed by atoms with Crippen molar-refractivity contribution in [3.8, 4) is 0 Å². The van der Waals surface area contributed by atoms with Crippen molar-refractivity contribution in [3.63, 3.8) is 0 Å². The van der Waals surface area contributed by atoms with Crippen LogP contribution in [-0.4, -0.2) is 51.2 Å². The van der Waals surface area contributed by atoms with Gasteiger partial charge < -0.3 is 4.74 Å². The van der Waals surface area contributed by atoms with Crippen LogP contribution in [0.25, 0.3) is 0 Å². The molecule has 3 fully saturated rings. The van der Waals surface area contributed by atoms with E-state index in [0.717, 1.165) is 18.1 Å². The van der Waals surface area contributed by atoms with Gasteiger partial charge in [0.05, 0.1) is 5.71 Å².